The molecule has 2 aromatic rings. The number of halogens is 3. The lowest BCUT2D eigenvalue weighted by Gasteiger charge is -2.19. The van der Waals surface area contributed by atoms with Crippen molar-refractivity contribution in [2.45, 2.75) is 32.7 Å². The number of aromatic hydroxyl groups is 1. The summed E-state index contributed by atoms with van der Waals surface area (Å²) >= 11 is 0. The van der Waals surface area contributed by atoms with Crippen LogP contribution in [-0.2, 0) is 16.6 Å². The third-order valence-corrected chi connectivity index (χ3v) is 3.61. The first kappa shape index (κ1) is 22.1. The molecule has 0 unspecified atom stereocenters. The van der Waals surface area contributed by atoms with Crippen LogP contribution in [0.3, 0.4) is 0 Å². The zero-order chi connectivity index (χ0) is 22.1. The van der Waals surface area contributed by atoms with Gasteiger partial charge in [-0.15, -0.1) is 13.2 Å². The van der Waals surface area contributed by atoms with E-state index in [-0.39, 0.29) is 10.9 Å². The number of aryl methyl sites for hydroxylation is 1. The third-order valence-electron chi connectivity index (χ3n) is 3.61. The molecule has 11 heteroatoms. The maximum Gasteiger partial charge on any atom is 0.573 e. The van der Waals surface area contributed by atoms with Crippen molar-refractivity contribution in [3.63, 3.8) is 0 Å². The zero-order valence-electron chi connectivity index (χ0n) is 16.0. The minimum atomic E-state index is -5.02. The summed E-state index contributed by atoms with van der Waals surface area (Å²) < 4.78 is 47.5. The summed E-state index contributed by atoms with van der Waals surface area (Å²) in [5.41, 5.74) is -2.95. The smallest absolute Gasteiger partial charge is 0.506 e. The van der Waals surface area contributed by atoms with E-state index in [0.29, 0.717) is 0 Å². The molecule has 0 spiro atoms. The summed E-state index contributed by atoms with van der Waals surface area (Å²) in [4.78, 5) is 36.6. The molecule has 0 aliphatic heterocycles. The number of rotatable bonds is 4. The molecule has 1 amide bonds. The maximum atomic E-state index is 12.6. The Morgan fingerprint density at radius 3 is 2.38 bits per heavy atom. The minimum absolute atomic E-state index is 0.212. The first-order valence-electron chi connectivity index (χ1n) is 8.31. The van der Waals surface area contributed by atoms with Crippen molar-refractivity contribution >= 4 is 22.8 Å². The molecule has 2 N–H and O–H groups in total. The molecular formula is C18H19F3N2O6. The molecule has 8 nitrogen and oxygen atoms in total. The van der Waals surface area contributed by atoms with Gasteiger partial charge in [-0.1, -0.05) is 6.07 Å². The van der Waals surface area contributed by atoms with Gasteiger partial charge in [0.05, 0.1) is 5.52 Å². The SMILES string of the molecule is Cn1c(=O)c(C(=O)NCC(=O)OC(C)(C)C)c(O)c2cccc(OC(F)(F)F)c21. The van der Waals surface area contributed by atoms with Gasteiger partial charge in [-0.05, 0) is 32.9 Å². The highest BCUT2D eigenvalue weighted by atomic mass is 19.4. The normalized spacial score (nSPS) is 12.0. The van der Waals surface area contributed by atoms with Gasteiger partial charge in [0.25, 0.3) is 11.5 Å². The standard InChI is InChI=1S/C18H19F3N2O6/c1-17(2,3)29-11(24)8-22-15(26)12-14(25)9-6-5-7-10(28-18(19,20)21)13(9)23(4)16(12)27/h5-7,25H,8H2,1-4H3,(H,22,26). The number of aromatic nitrogens is 1. The predicted octanol–water partition coefficient (Wildman–Crippen LogP) is 2.21. The molecule has 0 saturated carbocycles. The quantitative estimate of drug-likeness (QED) is 0.741. The van der Waals surface area contributed by atoms with E-state index in [4.69, 9.17) is 4.74 Å². The highest BCUT2D eigenvalue weighted by Crippen LogP contribution is 2.34. The average molecular weight is 416 g/mol. The van der Waals surface area contributed by atoms with Crippen LogP contribution in [0.25, 0.3) is 10.9 Å². The van der Waals surface area contributed by atoms with E-state index in [1.807, 2.05) is 0 Å². The Bertz CT molecular complexity index is 1020. The number of ether oxygens (including phenoxy) is 2. The largest absolute Gasteiger partial charge is 0.573 e. The topological polar surface area (TPSA) is 107 Å². The number of carbonyl (C=O) groups is 2. The molecule has 0 aliphatic rings. The Kier molecular flexibility index (Phi) is 5.81. The van der Waals surface area contributed by atoms with E-state index in [1.165, 1.54) is 6.07 Å². The number of benzene rings is 1. The summed E-state index contributed by atoms with van der Waals surface area (Å²) in [6.07, 6.45) is -5.02. The highest BCUT2D eigenvalue weighted by molar-refractivity contribution is 6.04. The Morgan fingerprint density at radius 1 is 1.21 bits per heavy atom. The second kappa shape index (κ2) is 7.64. The fourth-order valence-electron chi connectivity index (χ4n) is 2.59. The summed E-state index contributed by atoms with van der Waals surface area (Å²) in [5.74, 6) is -3.41. The molecule has 158 valence electrons. The van der Waals surface area contributed by atoms with E-state index in [0.717, 1.165) is 23.7 Å². The van der Waals surface area contributed by atoms with Gasteiger partial charge < -0.3 is 24.5 Å². The molecule has 1 heterocycles. The van der Waals surface area contributed by atoms with Gasteiger partial charge in [0.15, 0.2) is 5.75 Å². The number of alkyl halides is 3. The number of carbonyl (C=O) groups excluding carboxylic acids is 2. The molecule has 0 atom stereocenters. The molecule has 0 radical (unpaired) electrons. The number of hydrogen-bond donors (Lipinski definition) is 2. The van der Waals surface area contributed by atoms with Crippen molar-refractivity contribution in [1.82, 2.24) is 9.88 Å². The van der Waals surface area contributed by atoms with E-state index in [9.17, 15) is 32.7 Å². The number of nitrogens with zero attached hydrogens (tertiary/aromatic N) is 1. The lowest BCUT2D eigenvalue weighted by molar-refractivity contribution is -0.274. The third kappa shape index (κ3) is 5.18. The van der Waals surface area contributed by atoms with Crippen LogP contribution in [0, 0.1) is 0 Å². The van der Waals surface area contributed by atoms with Crippen LogP contribution in [0.15, 0.2) is 23.0 Å². The number of nitrogens with one attached hydrogen (secondary N) is 1. The highest BCUT2D eigenvalue weighted by Gasteiger charge is 2.33. The molecule has 1 aromatic heterocycles. The number of fused-ring (bicyclic) bond motifs is 1. The van der Waals surface area contributed by atoms with Gasteiger partial charge in [-0.3, -0.25) is 14.4 Å². The van der Waals surface area contributed by atoms with Crippen molar-refractivity contribution in [3.8, 4) is 11.5 Å². The lowest BCUT2D eigenvalue weighted by Crippen LogP contribution is -2.37. The van der Waals surface area contributed by atoms with Gasteiger partial charge in [-0.25, -0.2) is 0 Å². The Morgan fingerprint density at radius 2 is 1.83 bits per heavy atom. The summed E-state index contributed by atoms with van der Waals surface area (Å²) in [7, 11) is 1.12. The van der Waals surface area contributed by atoms with Crippen LogP contribution >= 0.6 is 0 Å². The molecular weight excluding hydrogens is 397 g/mol. The number of hydrogen-bond acceptors (Lipinski definition) is 6. The number of amides is 1. The van der Waals surface area contributed by atoms with Crippen LogP contribution < -0.4 is 15.6 Å². The molecule has 0 aliphatic carbocycles. The first-order chi connectivity index (χ1) is 13.2. The van der Waals surface area contributed by atoms with Gasteiger partial charge in [0.1, 0.15) is 23.5 Å². The maximum absolute atomic E-state index is 12.6. The monoisotopic (exact) mass is 416 g/mol. The average Bonchev–Trinajstić information content (AvgIpc) is 2.55. The van der Waals surface area contributed by atoms with Crippen molar-refractivity contribution in [2.24, 2.45) is 7.05 Å². The summed E-state index contributed by atoms with van der Waals surface area (Å²) in [6, 6.07) is 3.35. The fraction of sp³-hybridized carbons (Fsp3) is 0.389. The zero-order valence-corrected chi connectivity index (χ0v) is 16.0. The minimum Gasteiger partial charge on any atom is -0.506 e. The molecule has 29 heavy (non-hydrogen) atoms. The van der Waals surface area contributed by atoms with Crippen LogP contribution in [0.4, 0.5) is 13.2 Å². The second-order valence-electron chi connectivity index (χ2n) is 7.06. The summed E-state index contributed by atoms with van der Waals surface area (Å²) in [5, 5.41) is 12.3. The van der Waals surface area contributed by atoms with Crippen molar-refractivity contribution < 1.29 is 37.3 Å². The molecule has 2 rings (SSSR count). The molecule has 0 bridgehead atoms. The number of esters is 1. The second-order valence-corrected chi connectivity index (χ2v) is 7.06. The summed E-state index contributed by atoms with van der Waals surface area (Å²) in [6.45, 7) is 4.29. The van der Waals surface area contributed by atoms with Gasteiger partial charge >= 0.3 is 12.3 Å². The Labute approximate surface area is 162 Å². The van der Waals surface area contributed by atoms with Gasteiger partial charge in [-0.2, -0.15) is 0 Å². The van der Waals surface area contributed by atoms with E-state index in [2.05, 4.69) is 10.1 Å². The van der Waals surface area contributed by atoms with E-state index >= 15 is 0 Å². The fourth-order valence-corrected chi connectivity index (χ4v) is 2.59. The first-order valence-corrected chi connectivity index (χ1v) is 8.31. The van der Waals surface area contributed by atoms with Gasteiger partial charge in [0, 0.05) is 12.4 Å². The number of pyridine rings is 1. The molecule has 1 aromatic carbocycles. The Balaban J connectivity index is 2.45. The predicted molar refractivity (Wildman–Crippen MR) is 95.7 cm³/mol. The van der Waals surface area contributed by atoms with E-state index in [1.54, 1.807) is 20.8 Å². The van der Waals surface area contributed by atoms with Crippen LogP contribution in [0.1, 0.15) is 31.1 Å². The lowest BCUT2D eigenvalue weighted by atomic mass is 10.1. The van der Waals surface area contributed by atoms with Crippen molar-refractivity contribution in [2.75, 3.05) is 6.54 Å². The molecule has 0 fully saturated rings. The molecule has 0 saturated heterocycles. The van der Waals surface area contributed by atoms with Crippen molar-refractivity contribution in [1.29, 1.82) is 0 Å². The number of para-hydroxylation sites is 1. The van der Waals surface area contributed by atoms with Crippen LogP contribution in [0.5, 0.6) is 11.5 Å². The van der Waals surface area contributed by atoms with Crippen LogP contribution in [-0.4, -0.2) is 40.1 Å². The van der Waals surface area contributed by atoms with Crippen molar-refractivity contribution in [3.05, 3.63) is 34.1 Å². The van der Waals surface area contributed by atoms with Gasteiger partial charge in [0.2, 0.25) is 0 Å². The van der Waals surface area contributed by atoms with E-state index < -0.39 is 53.0 Å². The van der Waals surface area contributed by atoms with Crippen LogP contribution in [0.2, 0.25) is 0 Å². The Hall–Kier alpha value is -3.24.